The molecule has 5 rings (SSSR count). The highest BCUT2D eigenvalue weighted by Gasteiger charge is 2.37. The van der Waals surface area contributed by atoms with Crippen LogP contribution in [0.1, 0.15) is 11.1 Å². The molecule has 0 atom stereocenters. The zero-order valence-electron chi connectivity index (χ0n) is 22.6. The van der Waals surface area contributed by atoms with E-state index in [1.54, 1.807) is 12.1 Å². The van der Waals surface area contributed by atoms with Gasteiger partial charge in [-0.05, 0) is 59.7 Å². The Labute approximate surface area is 263 Å². The van der Waals surface area contributed by atoms with Crippen molar-refractivity contribution in [1.82, 2.24) is 5.32 Å². The number of halogens is 2. The molecule has 0 bridgehead atoms. The van der Waals surface area contributed by atoms with Gasteiger partial charge in [0.05, 0.1) is 31.6 Å². The fraction of sp³-hybridized carbons (Fsp3) is 0.0333. The van der Waals surface area contributed by atoms with Crippen molar-refractivity contribution in [3.05, 3.63) is 132 Å². The summed E-state index contributed by atoms with van der Waals surface area (Å²) in [6.07, 6.45) is 1.16. The minimum absolute atomic E-state index is 0.160. The standard InChI is InChI=1S/C30H18Cl2N4O9/c31-23-13-18(14-24(32)27(23)45-26-11-8-20(35(40)41)15-25(26)36(42)43)12-22-28(37)33-30(39)34(29(22)38)19-6-9-21(10-7-19)44-16-17-4-2-1-3-5-17/h1-15H,16H2,(H,33,37,39)/b22-12+. The van der Waals surface area contributed by atoms with E-state index in [9.17, 15) is 34.6 Å². The first-order valence-electron chi connectivity index (χ1n) is 12.8. The van der Waals surface area contributed by atoms with E-state index in [1.807, 2.05) is 30.3 Å². The monoisotopic (exact) mass is 648 g/mol. The van der Waals surface area contributed by atoms with Crippen LogP contribution in [0.5, 0.6) is 17.2 Å². The van der Waals surface area contributed by atoms with Crippen LogP contribution in [0.3, 0.4) is 0 Å². The lowest BCUT2D eigenvalue weighted by atomic mass is 10.1. The Hall–Kier alpha value is -5.79. The molecule has 0 aliphatic carbocycles. The van der Waals surface area contributed by atoms with Gasteiger partial charge in [-0.15, -0.1) is 0 Å². The number of nitro groups is 2. The van der Waals surface area contributed by atoms with Crippen LogP contribution in [0, 0.1) is 20.2 Å². The van der Waals surface area contributed by atoms with E-state index in [0.717, 1.165) is 34.7 Å². The van der Waals surface area contributed by atoms with Crippen molar-refractivity contribution in [3.8, 4) is 17.2 Å². The number of hydrogen-bond donors (Lipinski definition) is 1. The zero-order chi connectivity index (χ0) is 32.2. The summed E-state index contributed by atoms with van der Waals surface area (Å²) in [5.74, 6) is -1.98. The molecule has 1 aliphatic rings. The molecule has 1 heterocycles. The number of hydrogen-bond acceptors (Lipinski definition) is 9. The molecule has 15 heteroatoms. The number of ether oxygens (including phenoxy) is 2. The number of carbonyl (C=O) groups is 3. The first-order valence-corrected chi connectivity index (χ1v) is 13.6. The highest BCUT2D eigenvalue weighted by molar-refractivity contribution is 6.40. The second-order valence-electron chi connectivity index (χ2n) is 9.31. The lowest BCUT2D eigenvalue weighted by Crippen LogP contribution is -2.54. The van der Waals surface area contributed by atoms with Crippen molar-refractivity contribution in [1.29, 1.82) is 0 Å². The Balaban J connectivity index is 1.38. The Kier molecular flexibility index (Phi) is 8.74. The highest BCUT2D eigenvalue weighted by atomic mass is 35.5. The zero-order valence-corrected chi connectivity index (χ0v) is 24.2. The maximum atomic E-state index is 13.3. The van der Waals surface area contributed by atoms with Crippen LogP contribution in [0.4, 0.5) is 21.9 Å². The number of barbiturate groups is 1. The Morgan fingerprint density at radius 3 is 2.13 bits per heavy atom. The van der Waals surface area contributed by atoms with E-state index < -0.39 is 44.6 Å². The fourth-order valence-corrected chi connectivity index (χ4v) is 4.79. The number of carbonyl (C=O) groups excluding carboxylic acids is 3. The molecule has 0 aromatic heterocycles. The maximum Gasteiger partial charge on any atom is 0.335 e. The number of nitrogens with zero attached hydrogens (tertiary/aromatic N) is 3. The molecule has 13 nitrogen and oxygen atoms in total. The topological polar surface area (TPSA) is 171 Å². The van der Waals surface area contributed by atoms with Crippen LogP contribution in [-0.2, 0) is 16.2 Å². The number of amides is 4. The summed E-state index contributed by atoms with van der Waals surface area (Å²) >= 11 is 12.7. The molecule has 4 aromatic rings. The van der Waals surface area contributed by atoms with E-state index in [2.05, 4.69) is 5.32 Å². The summed E-state index contributed by atoms with van der Waals surface area (Å²) in [5.41, 5.74) is -0.352. The molecular formula is C30H18Cl2N4O9. The molecule has 4 aromatic carbocycles. The third-order valence-electron chi connectivity index (χ3n) is 6.34. The van der Waals surface area contributed by atoms with Gasteiger partial charge in [-0.25, -0.2) is 9.69 Å². The third kappa shape index (κ3) is 6.74. The molecule has 1 aliphatic heterocycles. The van der Waals surface area contributed by atoms with Crippen LogP contribution >= 0.6 is 23.2 Å². The molecule has 0 unspecified atom stereocenters. The lowest BCUT2D eigenvalue weighted by molar-refractivity contribution is -0.394. The number of nitrogens with one attached hydrogen (secondary N) is 1. The molecular weight excluding hydrogens is 631 g/mol. The van der Waals surface area contributed by atoms with Crippen molar-refractivity contribution in [2.75, 3.05) is 4.90 Å². The molecule has 0 spiro atoms. The minimum Gasteiger partial charge on any atom is -0.489 e. The summed E-state index contributed by atoms with van der Waals surface area (Å²) in [7, 11) is 0. The van der Waals surface area contributed by atoms with Crippen molar-refractivity contribution in [3.63, 3.8) is 0 Å². The van der Waals surface area contributed by atoms with Crippen LogP contribution in [0.15, 0.2) is 90.5 Å². The van der Waals surface area contributed by atoms with Gasteiger partial charge in [0.2, 0.25) is 5.75 Å². The van der Waals surface area contributed by atoms with Gasteiger partial charge in [-0.3, -0.25) is 35.1 Å². The molecule has 45 heavy (non-hydrogen) atoms. The number of benzene rings is 4. The summed E-state index contributed by atoms with van der Waals surface area (Å²) in [5, 5.41) is 24.3. The molecule has 0 radical (unpaired) electrons. The predicted molar refractivity (Wildman–Crippen MR) is 163 cm³/mol. The Bertz CT molecular complexity index is 1870. The normalized spacial score (nSPS) is 13.9. The first kappa shape index (κ1) is 30.7. The lowest BCUT2D eigenvalue weighted by Gasteiger charge is -2.26. The van der Waals surface area contributed by atoms with Gasteiger partial charge >= 0.3 is 11.7 Å². The largest absolute Gasteiger partial charge is 0.489 e. The van der Waals surface area contributed by atoms with Crippen LogP contribution < -0.4 is 19.7 Å². The third-order valence-corrected chi connectivity index (χ3v) is 6.90. The second-order valence-corrected chi connectivity index (χ2v) is 10.1. The number of nitro benzene ring substituents is 2. The minimum atomic E-state index is -0.960. The maximum absolute atomic E-state index is 13.3. The average molecular weight is 649 g/mol. The summed E-state index contributed by atoms with van der Waals surface area (Å²) in [6, 6.07) is 19.9. The van der Waals surface area contributed by atoms with Gasteiger partial charge in [0.15, 0.2) is 5.75 Å². The SMILES string of the molecule is O=C1NC(=O)N(c2ccc(OCc3ccccc3)cc2)C(=O)/C1=C/c1cc(Cl)c(Oc2ccc([N+](=O)[O-])cc2[N+](=O)[O-])c(Cl)c1. The smallest absolute Gasteiger partial charge is 0.335 e. The molecule has 1 saturated heterocycles. The molecule has 0 saturated carbocycles. The van der Waals surface area contributed by atoms with Gasteiger partial charge in [0, 0.05) is 6.07 Å². The highest BCUT2D eigenvalue weighted by Crippen LogP contribution is 2.41. The van der Waals surface area contributed by atoms with Crippen molar-refractivity contribution >= 4 is 64.2 Å². The van der Waals surface area contributed by atoms with E-state index in [-0.39, 0.29) is 32.8 Å². The summed E-state index contributed by atoms with van der Waals surface area (Å²) in [6.45, 7) is 0.310. The van der Waals surface area contributed by atoms with Gasteiger partial charge in [-0.2, -0.15) is 0 Å². The van der Waals surface area contributed by atoms with Crippen molar-refractivity contribution in [2.24, 2.45) is 0 Å². The summed E-state index contributed by atoms with van der Waals surface area (Å²) in [4.78, 5) is 60.2. The molecule has 226 valence electrons. The first-order chi connectivity index (χ1) is 21.5. The quantitative estimate of drug-likeness (QED) is 0.0881. The number of urea groups is 1. The van der Waals surface area contributed by atoms with Crippen LogP contribution in [0.25, 0.3) is 6.08 Å². The second kappa shape index (κ2) is 12.8. The van der Waals surface area contributed by atoms with E-state index in [1.165, 1.54) is 24.3 Å². The Morgan fingerprint density at radius 2 is 1.51 bits per heavy atom. The molecule has 1 fully saturated rings. The fourth-order valence-electron chi connectivity index (χ4n) is 4.21. The van der Waals surface area contributed by atoms with Crippen molar-refractivity contribution in [2.45, 2.75) is 6.61 Å². The van der Waals surface area contributed by atoms with Gasteiger partial charge in [0.1, 0.15) is 17.9 Å². The van der Waals surface area contributed by atoms with Gasteiger partial charge in [-0.1, -0.05) is 53.5 Å². The van der Waals surface area contributed by atoms with Crippen LogP contribution in [0.2, 0.25) is 10.0 Å². The molecule has 1 N–H and O–H groups in total. The van der Waals surface area contributed by atoms with E-state index in [0.29, 0.717) is 12.4 Å². The van der Waals surface area contributed by atoms with Gasteiger partial charge in [0.25, 0.3) is 17.5 Å². The van der Waals surface area contributed by atoms with E-state index in [4.69, 9.17) is 32.7 Å². The molecule has 4 amide bonds. The number of imide groups is 2. The predicted octanol–water partition coefficient (Wildman–Crippen LogP) is 6.85. The van der Waals surface area contributed by atoms with E-state index >= 15 is 0 Å². The van der Waals surface area contributed by atoms with Crippen molar-refractivity contribution < 1.29 is 33.7 Å². The average Bonchev–Trinajstić information content (AvgIpc) is 3.01. The number of non-ortho nitro benzene ring substituents is 1. The number of rotatable bonds is 9. The van der Waals surface area contributed by atoms with Crippen LogP contribution in [-0.4, -0.2) is 27.7 Å². The number of anilines is 1. The van der Waals surface area contributed by atoms with Gasteiger partial charge < -0.3 is 9.47 Å². The summed E-state index contributed by atoms with van der Waals surface area (Å²) < 4.78 is 11.3. The Morgan fingerprint density at radius 1 is 0.844 bits per heavy atom.